The second-order valence-electron chi connectivity index (χ2n) is 8.81. The first kappa shape index (κ1) is 22.2. The Hall–Kier alpha value is -3.58. The number of aryl methyl sites for hydroxylation is 1. The predicted molar refractivity (Wildman–Crippen MR) is 133 cm³/mol. The molecule has 0 bridgehead atoms. The standard InChI is InChI=1S/C27H29N5O2/c1-34-25-9-8-23(17-30-25)31-27(33)26-24-14-21(7-6-20(24)5-4-10-29-26)22-13-19(15-28-16-22)18-32-11-2-3-12-32/h6-9,13-17H,2-5,10-12,18H2,1H3,(H,31,33). The zero-order valence-corrected chi connectivity index (χ0v) is 19.5. The summed E-state index contributed by atoms with van der Waals surface area (Å²) in [5.41, 5.74) is 6.42. The van der Waals surface area contributed by atoms with Crippen molar-refractivity contribution in [3.8, 4) is 17.0 Å². The first-order chi connectivity index (χ1) is 16.7. The summed E-state index contributed by atoms with van der Waals surface area (Å²) in [6.07, 6.45) is 9.79. The summed E-state index contributed by atoms with van der Waals surface area (Å²) in [5.74, 6) is 0.272. The molecule has 0 atom stereocenters. The van der Waals surface area contributed by atoms with E-state index in [9.17, 15) is 4.79 Å². The monoisotopic (exact) mass is 455 g/mol. The number of nitrogens with zero attached hydrogens (tertiary/aromatic N) is 4. The van der Waals surface area contributed by atoms with Crippen LogP contribution in [0.4, 0.5) is 5.69 Å². The number of hydrogen-bond acceptors (Lipinski definition) is 6. The summed E-state index contributed by atoms with van der Waals surface area (Å²) < 4.78 is 5.10. The number of benzene rings is 1. The van der Waals surface area contributed by atoms with Gasteiger partial charge in [0.1, 0.15) is 5.71 Å². The van der Waals surface area contributed by atoms with Crippen molar-refractivity contribution in [2.75, 3.05) is 32.1 Å². The average molecular weight is 456 g/mol. The molecule has 174 valence electrons. The third-order valence-corrected chi connectivity index (χ3v) is 6.39. The van der Waals surface area contributed by atoms with Crippen LogP contribution in [0, 0.1) is 0 Å². The molecule has 4 heterocycles. The van der Waals surface area contributed by atoms with E-state index < -0.39 is 0 Å². The highest BCUT2D eigenvalue weighted by molar-refractivity contribution is 6.49. The smallest absolute Gasteiger partial charge is 0.274 e. The summed E-state index contributed by atoms with van der Waals surface area (Å²) in [4.78, 5) is 29.0. The fourth-order valence-electron chi connectivity index (χ4n) is 4.63. The molecule has 34 heavy (non-hydrogen) atoms. The molecule has 7 nitrogen and oxygen atoms in total. The number of likely N-dealkylation sites (tertiary alicyclic amines) is 1. The number of aromatic nitrogens is 2. The molecule has 2 aliphatic heterocycles. The molecular formula is C27H29N5O2. The second kappa shape index (κ2) is 10.1. The van der Waals surface area contributed by atoms with Crippen LogP contribution in [0.3, 0.4) is 0 Å². The minimum atomic E-state index is -0.229. The number of pyridine rings is 2. The van der Waals surface area contributed by atoms with E-state index in [0.717, 1.165) is 54.7 Å². The van der Waals surface area contributed by atoms with Crippen LogP contribution in [0.1, 0.15) is 36.0 Å². The van der Waals surface area contributed by atoms with Gasteiger partial charge in [0.2, 0.25) is 5.88 Å². The lowest BCUT2D eigenvalue weighted by Gasteiger charge is -2.15. The van der Waals surface area contributed by atoms with Gasteiger partial charge in [-0.1, -0.05) is 12.1 Å². The summed E-state index contributed by atoms with van der Waals surface area (Å²) in [6, 6.07) is 12.0. The minimum absolute atomic E-state index is 0.229. The van der Waals surface area contributed by atoms with Crippen molar-refractivity contribution >= 4 is 17.3 Å². The molecule has 5 rings (SSSR count). The van der Waals surface area contributed by atoms with Gasteiger partial charge in [-0.15, -0.1) is 0 Å². The highest BCUT2D eigenvalue weighted by Gasteiger charge is 2.21. The molecule has 1 fully saturated rings. The van der Waals surface area contributed by atoms with Crippen molar-refractivity contribution in [3.05, 3.63) is 71.7 Å². The van der Waals surface area contributed by atoms with Crippen molar-refractivity contribution in [2.45, 2.75) is 32.2 Å². The molecular weight excluding hydrogens is 426 g/mol. The van der Waals surface area contributed by atoms with Crippen molar-refractivity contribution < 1.29 is 9.53 Å². The lowest BCUT2D eigenvalue weighted by molar-refractivity contribution is -0.110. The van der Waals surface area contributed by atoms with Gasteiger partial charge in [0.05, 0.1) is 19.0 Å². The first-order valence-electron chi connectivity index (χ1n) is 11.9. The molecule has 0 saturated carbocycles. The average Bonchev–Trinajstić information content (AvgIpc) is 3.28. The van der Waals surface area contributed by atoms with Crippen LogP contribution in [0.25, 0.3) is 11.1 Å². The third-order valence-electron chi connectivity index (χ3n) is 6.39. The van der Waals surface area contributed by atoms with Gasteiger partial charge in [-0.3, -0.25) is 19.7 Å². The molecule has 7 heteroatoms. The van der Waals surface area contributed by atoms with Gasteiger partial charge >= 0.3 is 0 Å². The van der Waals surface area contributed by atoms with Gasteiger partial charge in [0.15, 0.2) is 0 Å². The Balaban J connectivity index is 1.41. The second-order valence-corrected chi connectivity index (χ2v) is 8.81. The van der Waals surface area contributed by atoms with E-state index in [4.69, 9.17) is 4.74 Å². The Morgan fingerprint density at radius 1 is 1.03 bits per heavy atom. The summed E-state index contributed by atoms with van der Waals surface area (Å²) in [6.45, 7) is 3.86. The lowest BCUT2D eigenvalue weighted by atomic mass is 9.94. The number of rotatable bonds is 6. The van der Waals surface area contributed by atoms with Crippen LogP contribution in [-0.4, -0.2) is 53.2 Å². The fourth-order valence-corrected chi connectivity index (χ4v) is 4.63. The maximum absolute atomic E-state index is 13.2. The Morgan fingerprint density at radius 2 is 1.91 bits per heavy atom. The van der Waals surface area contributed by atoms with E-state index >= 15 is 0 Å². The summed E-state index contributed by atoms with van der Waals surface area (Å²) in [5, 5.41) is 2.93. The van der Waals surface area contributed by atoms with Gasteiger partial charge in [-0.05, 0) is 73.7 Å². The lowest BCUT2D eigenvalue weighted by Crippen LogP contribution is -2.25. The van der Waals surface area contributed by atoms with E-state index in [1.807, 2.05) is 12.4 Å². The van der Waals surface area contributed by atoms with Gasteiger partial charge in [-0.2, -0.15) is 0 Å². The highest BCUT2D eigenvalue weighted by Crippen LogP contribution is 2.27. The SMILES string of the molecule is COc1ccc(NC(=O)C2=NCCCc3ccc(-c4cncc(CN5CCCC5)c4)cc32)cn1. The number of carbonyl (C=O) groups excluding carboxylic acids is 1. The molecule has 0 aliphatic carbocycles. The minimum Gasteiger partial charge on any atom is -0.481 e. The van der Waals surface area contributed by atoms with E-state index in [2.05, 4.69) is 49.4 Å². The van der Waals surface area contributed by atoms with Crippen LogP contribution >= 0.6 is 0 Å². The first-order valence-corrected chi connectivity index (χ1v) is 11.9. The van der Waals surface area contributed by atoms with Crippen molar-refractivity contribution in [1.82, 2.24) is 14.9 Å². The van der Waals surface area contributed by atoms with Crippen LogP contribution in [0.5, 0.6) is 5.88 Å². The van der Waals surface area contributed by atoms with Gasteiger partial charge in [0.25, 0.3) is 5.91 Å². The van der Waals surface area contributed by atoms with E-state index in [-0.39, 0.29) is 5.91 Å². The summed E-state index contributed by atoms with van der Waals surface area (Å²) >= 11 is 0. The highest BCUT2D eigenvalue weighted by atomic mass is 16.5. The number of amides is 1. The zero-order chi connectivity index (χ0) is 23.3. The van der Waals surface area contributed by atoms with Crippen LogP contribution in [0.15, 0.2) is 60.0 Å². The van der Waals surface area contributed by atoms with Gasteiger partial charge in [-0.25, -0.2) is 4.98 Å². The van der Waals surface area contributed by atoms with Crippen molar-refractivity contribution in [1.29, 1.82) is 0 Å². The number of ether oxygens (including phenoxy) is 1. The summed E-state index contributed by atoms with van der Waals surface area (Å²) in [7, 11) is 1.56. The number of fused-ring (bicyclic) bond motifs is 1. The largest absolute Gasteiger partial charge is 0.481 e. The normalized spacial score (nSPS) is 15.9. The quantitative estimate of drug-likeness (QED) is 0.605. The molecule has 1 saturated heterocycles. The molecule has 2 aromatic heterocycles. The molecule has 3 aromatic rings. The molecule has 1 aromatic carbocycles. The van der Waals surface area contributed by atoms with Gasteiger partial charge in [0, 0.05) is 42.7 Å². The van der Waals surface area contributed by atoms with Gasteiger partial charge < -0.3 is 10.1 Å². The van der Waals surface area contributed by atoms with E-state index in [0.29, 0.717) is 23.8 Å². The van der Waals surface area contributed by atoms with Crippen molar-refractivity contribution in [2.24, 2.45) is 4.99 Å². The Labute approximate surface area is 199 Å². The number of methoxy groups -OCH3 is 1. The Bertz CT molecular complexity index is 1200. The topological polar surface area (TPSA) is 79.7 Å². The third kappa shape index (κ3) is 4.99. The Kier molecular flexibility index (Phi) is 6.62. The zero-order valence-electron chi connectivity index (χ0n) is 19.5. The number of nitrogens with one attached hydrogen (secondary N) is 1. The number of hydrogen-bond donors (Lipinski definition) is 1. The maximum atomic E-state index is 13.2. The predicted octanol–water partition coefficient (Wildman–Crippen LogP) is 4.12. The number of aliphatic imine (C=N–C) groups is 1. The molecule has 0 radical (unpaired) electrons. The maximum Gasteiger partial charge on any atom is 0.274 e. The molecule has 1 amide bonds. The van der Waals surface area contributed by atoms with E-state index in [1.165, 1.54) is 18.4 Å². The van der Waals surface area contributed by atoms with Crippen LogP contribution in [-0.2, 0) is 17.8 Å². The molecule has 0 unspecified atom stereocenters. The fraction of sp³-hybridized carbons (Fsp3) is 0.333. The molecule has 0 spiro atoms. The van der Waals surface area contributed by atoms with E-state index in [1.54, 1.807) is 25.4 Å². The molecule has 2 aliphatic rings. The van der Waals surface area contributed by atoms with Crippen LogP contribution < -0.4 is 10.1 Å². The van der Waals surface area contributed by atoms with Crippen molar-refractivity contribution in [3.63, 3.8) is 0 Å². The number of carbonyl (C=O) groups is 1. The number of anilines is 1. The van der Waals surface area contributed by atoms with Crippen LogP contribution in [0.2, 0.25) is 0 Å². The molecule has 1 N–H and O–H groups in total. The Morgan fingerprint density at radius 3 is 2.71 bits per heavy atom.